The highest BCUT2D eigenvalue weighted by atomic mass is 19.1. The van der Waals surface area contributed by atoms with Crippen LogP contribution in [0.15, 0.2) is 48.5 Å². The van der Waals surface area contributed by atoms with E-state index in [1.54, 1.807) is 31.2 Å². The predicted molar refractivity (Wildman–Crippen MR) is 88.4 cm³/mol. The molecule has 2 rings (SSSR count). The average molecular weight is 330 g/mol. The smallest absolute Gasteiger partial charge is 0.258 e. The normalized spacial score (nSPS) is 10.1. The predicted octanol–water partition coefficient (Wildman–Crippen LogP) is 2.06. The third kappa shape index (κ3) is 5.39. The van der Waals surface area contributed by atoms with Crippen LogP contribution in [0.2, 0.25) is 0 Å². The Morgan fingerprint density at radius 2 is 1.75 bits per heavy atom. The van der Waals surface area contributed by atoms with Gasteiger partial charge in [0.2, 0.25) is 0 Å². The number of carbonyl (C=O) groups is 2. The highest BCUT2D eigenvalue weighted by Crippen LogP contribution is 2.09. The minimum atomic E-state index is -0.422. The number of nitrogens with one attached hydrogen (secondary N) is 2. The summed E-state index contributed by atoms with van der Waals surface area (Å²) in [5, 5.41) is 5.24. The van der Waals surface area contributed by atoms with Crippen molar-refractivity contribution in [2.24, 2.45) is 0 Å². The third-order valence-corrected chi connectivity index (χ3v) is 3.28. The molecule has 0 aliphatic heterocycles. The summed E-state index contributed by atoms with van der Waals surface area (Å²) in [5.74, 6) is -0.477. The molecule has 0 radical (unpaired) electrons. The van der Waals surface area contributed by atoms with Gasteiger partial charge in [-0.1, -0.05) is 24.3 Å². The Bertz CT molecular complexity index is 705. The number of ether oxygens (including phenoxy) is 1. The number of halogens is 1. The molecule has 0 aliphatic rings. The molecular formula is C18H19FN2O3. The fourth-order valence-electron chi connectivity index (χ4n) is 1.93. The summed E-state index contributed by atoms with van der Waals surface area (Å²) >= 11 is 0. The van der Waals surface area contributed by atoms with E-state index in [1.165, 1.54) is 6.07 Å². The lowest BCUT2D eigenvalue weighted by atomic mass is 10.1. The number of hydrogen-bond donors (Lipinski definition) is 2. The van der Waals surface area contributed by atoms with Crippen LogP contribution < -0.4 is 15.4 Å². The summed E-state index contributed by atoms with van der Waals surface area (Å²) in [7, 11) is 0. The zero-order chi connectivity index (χ0) is 17.4. The molecule has 2 N–H and O–H groups in total. The van der Waals surface area contributed by atoms with Gasteiger partial charge in [0, 0.05) is 18.7 Å². The standard InChI is InChI=1S/C18H19FN2O3/c1-13-7-8-14(11-16(13)19)18(23)21-10-9-20-17(22)12-24-15-5-3-2-4-6-15/h2-8,11H,9-10,12H2,1H3,(H,20,22)(H,21,23). The molecule has 5 nitrogen and oxygen atoms in total. The quantitative estimate of drug-likeness (QED) is 0.764. The number of carbonyl (C=O) groups excluding carboxylic acids is 2. The van der Waals surface area contributed by atoms with Gasteiger partial charge < -0.3 is 15.4 Å². The molecule has 0 atom stereocenters. The van der Waals surface area contributed by atoms with Crippen LogP contribution >= 0.6 is 0 Å². The molecule has 0 saturated heterocycles. The molecule has 0 unspecified atom stereocenters. The Morgan fingerprint density at radius 3 is 2.46 bits per heavy atom. The summed E-state index contributed by atoms with van der Waals surface area (Å²) in [4.78, 5) is 23.5. The van der Waals surface area contributed by atoms with E-state index < -0.39 is 5.82 Å². The molecule has 0 bridgehead atoms. The van der Waals surface area contributed by atoms with Crippen molar-refractivity contribution in [1.29, 1.82) is 0 Å². The third-order valence-electron chi connectivity index (χ3n) is 3.28. The van der Waals surface area contributed by atoms with Crippen molar-refractivity contribution in [3.8, 4) is 5.75 Å². The maximum atomic E-state index is 13.4. The number of hydrogen-bond acceptors (Lipinski definition) is 3. The van der Waals surface area contributed by atoms with Crippen LogP contribution in [0.3, 0.4) is 0 Å². The first kappa shape index (κ1) is 17.5. The van der Waals surface area contributed by atoms with Gasteiger partial charge in [0.25, 0.3) is 11.8 Å². The van der Waals surface area contributed by atoms with Crippen molar-refractivity contribution in [3.63, 3.8) is 0 Å². The van der Waals surface area contributed by atoms with Gasteiger partial charge in [-0.25, -0.2) is 4.39 Å². The molecule has 6 heteroatoms. The van der Waals surface area contributed by atoms with E-state index in [0.717, 1.165) is 0 Å². The molecule has 0 saturated carbocycles. The lowest BCUT2D eigenvalue weighted by Crippen LogP contribution is -2.36. The molecule has 24 heavy (non-hydrogen) atoms. The zero-order valence-electron chi connectivity index (χ0n) is 13.3. The second kappa shape index (κ2) is 8.67. The highest BCUT2D eigenvalue weighted by Gasteiger charge is 2.08. The first-order valence-electron chi connectivity index (χ1n) is 7.55. The number of para-hydroxylation sites is 1. The van der Waals surface area contributed by atoms with E-state index in [9.17, 15) is 14.0 Å². The first-order valence-corrected chi connectivity index (χ1v) is 7.55. The zero-order valence-corrected chi connectivity index (χ0v) is 13.3. The molecule has 0 aliphatic carbocycles. The minimum Gasteiger partial charge on any atom is -0.484 e. The maximum Gasteiger partial charge on any atom is 0.258 e. The van der Waals surface area contributed by atoms with Gasteiger partial charge >= 0.3 is 0 Å². The Morgan fingerprint density at radius 1 is 1.04 bits per heavy atom. The first-order chi connectivity index (χ1) is 11.6. The van der Waals surface area contributed by atoms with Crippen LogP contribution in [-0.4, -0.2) is 31.5 Å². The minimum absolute atomic E-state index is 0.0961. The van der Waals surface area contributed by atoms with Gasteiger partial charge in [-0.2, -0.15) is 0 Å². The van der Waals surface area contributed by atoms with Crippen LogP contribution in [0.25, 0.3) is 0 Å². The Labute approximate surface area is 139 Å². The lowest BCUT2D eigenvalue weighted by molar-refractivity contribution is -0.123. The van der Waals surface area contributed by atoms with E-state index in [2.05, 4.69) is 10.6 Å². The summed E-state index contributed by atoms with van der Waals surface area (Å²) in [6.45, 7) is 2.04. The number of rotatable bonds is 7. The topological polar surface area (TPSA) is 67.4 Å². The Hall–Kier alpha value is -2.89. The molecule has 2 aromatic rings. The van der Waals surface area contributed by atoms with Crippen molar-refractivity contribution in [2.75, 3.05) is 19.7 Å². The average Bonchev–Trinajstić information content (AvgIpc) is 2.60. The van der Waals surface area contributed by atoms with E-state index in [-0.39, 0.29) is 37.1 Å². The number of benzene rings is 2. The van der Waals surface area contributed by atoms with Crippen molar-refractivity contribution < 1.29 is 18.7 Å². The number of amides is 2. The molecule has 0 heterocycles. The van der Waals surface area contributed by atoms with E-state index >= 15 is 0 Å². The SMILES string of the molecule is Cc1ccc(C(=O)NCCNC(=O)COc2ccccc2)cc1F. The Kier molecular flexibility index (Phi) is 6.31. The van der Waals surface area contributed by atoms with Gasteiger partial charge in [-0.3, -0.25) is 9.59 Å². The molecule has 0 spiro atoms. The molecule has 126 valence electrons. The van der Waals surface area contributed by atoms with E-state index in [0.29, 0.717) is 11.3 Å². The molecule has 2 aromatic carbocycles. The van der Waals surface area contributed by atoms with Gasteiger partial charge in [0.05, 0.1) is 0 Å². The molecule has 0 aromatic heterocycles. The number of aryl methyl sites for hydroxylation is 1. The van der Waals surface area contributed by atoms with Crippen LogP contribution in [0.5, 0.6) is 5.75 Å². The summed E-state index contributed by atoms with van der Waals surface area (Å²) < 4.78 is 18.7. The van der Waals surface area contributed by atoms with Crippen molar-refractivity contribution in [3.05, 3.63) is 65.5 Å². The molecule has 0 fully saturated rings. The summed E-state index contributed by atoms with van der Waals surface area (Å²) in [6.07, 6.45) is 0. The fourth-order valence-corrected chi connectivity index (χ4v) is 1.93. The maximum absolute atomic E-state index is 13.4. The van der Waals surface area contributed by atoms with Gasteiger partial charge in [0.15, 0.2) is 6.61 Å². The van der Waals surface area contributed by atoms with Gasteiger partial charge in [0.1, 0.15) is 11.6 Å². The summed E-state index contributed by atoms with van der Waals surface area (Å²) in [6, 6.07) is 13.3. The molecule has 2 amide bonds. The van der Waals surface area contributed by atoms with E-state index in [1.807, 2.05) is 18.2 Å². The highest BCUT2D eigenvalue weighted by molar-refractivity contribution is 5.94. The van der Waals surface area contributed by atoms with Crippen LogP contribution in [0, 0.1) is 12.7 Å². The molecular weight excluding hydrogens is 311 g/mol. The lowest BCUT2D eigenvalue weighted by Gasteiger charge is -2.09. The van der Waals surface area contributed by atoms with Crippen LogP contribution in [-0.2, 0) is 4.79 Å². The second-order valence-electron chi connectivity index (χ2n) is 5.17. The van der Waals surface area contributed by atoms with E-state index in [4.69, 9.17) is 4.74 Å². The van der Waals surface area contributed by atoms with Gasteiger partial charge in [-0.15, -0.1) is 0 Å². The monoisotopic (exact) mass is 330 g/mol. The van der Waals surface area contributed by atoms with Crippen LogP contribution in [0.1, 0.15) is 15.9 Å². The Balaban J connectivity index is 1.65. The van der Waals surface area contributed by atoms with Crippen molar-refractivity contribution in [2.45, 2.75) is 6.92 Å². The van der Waals surface area contributed by atoms with Gasteiger partial charge in [-0.05, 0) is 36.8 Å². The fraction of sp³-hybridized carbons (Fsp3) is 0.222. The van der Waals surface area contributed by atoms with Crippen molar-refractivity contribution >= 4 is 11.8 Å². The van der Waals surface area contributed by atoms with Crippen LogP contribution in [0.4, 0.5) is 4.39 Å². The largest absolute Gasteiger partial charge is 0.484 e. The van der Waals surface area contributed by atoms with Crippen molar-refractivity contribution in [1.82, 2.24) is 10.6 Å². The summed E-state index contributed by atoms with van der Waals surface area (Å²) in [5.41, 5.74) is 0.731. The second-order valence-corrected chi connectivity index (χ2v) is 5.17.